The average Bonchev–Trinajstić information content (AvgIpc) is 2.70. The summed E-state index contributed by atoms with van der Waals surface area (Å²) >= 11 is 2.00. The second-order valence-electron chi connectivity index (χ2n) is 6.27. The van der Waals surface area contributed by atoms with Crippen molar-refractivity contribution in [3.05, 3.63) is 92.1 Å². The normalized spacial score (nSPS) is 10.1. The van der Waals surface area contributed by atoms with Crippen molar-refractivity contribution >= 4 is 35.0 Å². The number of carbonyl (C=O) groups excluding carboxylic acids is 1. The highest BCUT2D eigenvalue weighted by atomic mass is 127. The van der Waals surface area contributed by atoms with E-state index in [1.807, 2.05) is 28.7 Å². The van der Waals surface area contributed by atoms with Crippen molar-refractivity contribution in [3.8, 4) is 11.5 Å². The first-order valence-corrected chi connectivity index (χ1v) is 9.97. The maximum Gasteiger partial charge on any atom is 0.290 e. The molecule has 0 radical (unpaired) electrons. The third-order valence-electron chi connectivity index (χ3n) is 4.15. The Labute approximate surface area is 191 Å². The molecule has 0 aliphatic heterocycles. The van der Waals surface area contributed by atoms with Gasteiger partial charge in [-0.2, -0.15) is 0 Å². The number of ether oxygens (including phenoxy) is 1. The Bertz CT molecular complexity index is 1090. The lowest BCUT2D eigenvalue weighted by molar-refractivity contribution is -0.122. The van der Waals surface area contributed by atoms with Crippen LogP contribution in [0.1, 0.15) is 27.0 Å². The summed E-state index contributed by atoms with van der Waals surface area (Å²) in [6.07, 6.45) is -0.00200. The van der Waals surface area contributed by atoms with Gasteiger partial charge in [0.1, 0.15) is 23.1 Å². The van der Waals surface area contributed by atoms with Gasteiger partial charge in [-0.15, -0.1) is 0 Å². The average molecular weight is 540 g/mol. The molecule has 0 atom stereocenters. The highest BCUT2D eigenvalue weighted by Crippen LogP contribution is 2.31. The Balaban J connectivity index is 0.00000107. The maximum absolute atomic E-state index is 14.2. The SMILES string of the molecule is NCc1cccc(Oc2cc(F)cc(Cc3ccc(I)cc3F)c2C(N)=O)c1.O=CO. The largest absolute Gasteiger partial charge is 0.483 e. The number of primary amides is 1. The van der Waals surface area contributed by atoms with Gasteiger partial charge >= 0.3 is 0 Å². The molecule has 0 saturated carbocycles. The Hall–Kier alpha value is -3.05. The fraction of sp³-hybridized carbons (Fsp3) is 0.0909. The van der Waals surface area contributed by atoms with Crippen LogP contribution in [0.25, 0.3) is 0 Å². The van der Waals surface area contributed by atoms with Gasteiger partial charge < -0.3 is 21.3 Å². The summed E-state index contributed by atoms with van der Waals surface area (Å²) in [5, 5.41) is 6.89. The summed E-state index contributed by atoms with van der Waals surface area (Å²) in [5.74, 6) is -1.48. The van der Waals surface area contributed by atoms with Gasteiger partial charge in [-0.25, -0.2) is 8.78 Å². The van der Waals surface area contributed by atoms with E-state index in [1.165, 1.54) is 12.1 Å². The van der Waals surface area contributed by atoms with Crippen molar-refractivity contribution < 1.29 is 28.2 Å². The van der Waals surface area contributed by atoms with Crippen molar-refractivity contribution in [2.24, 2.45) is 11.5 Å². The number of rotatable bonds is 6. The molecule has 1 amide bonds. The van der Waals surface area contributed by atoms with Gasteiger partial charge in [-0.05, 0) is 69.6 Å². The van der Waals surface area contributed by atoms with Crippen molar-refractivity contribution in [2.75, 3.05) is 0 Å². The lowest BCUT2D eigenvalue weighted by Gasteiger charge is -2.15. The van der Waals surface area contributed by atoms with E-state index in [0.29, 0.717) is 17.9 Å². The summed E-state index contributed by atoms with van der Waals surface area (Å²) in [5.41, 5.74) is 12.6. The number of halogens is 3. The minimum Gasteiger partial charge on any atom is -0.483 e. The van der Waals surface area contributed by atoms with E-state index in [4.69, 9.17) is 26.1 Å². The second kappa shape index (κ2) is 11.4. The molecule has 0 aromatic heterocycles. The Morgan fingerprint density at radius 3 is 2.42 bits per heavy atom. The highest BCUT2D eigenvalue weighted by Gasteiger charge is 2.19. The highest BCUT2D eigenvalue weighted by molar-refractivity contribution is 14.1. The molecule has 0 fully saturated rings. The van der Waals surface area contributed by atoms with Crippen LogP contribution in [0.2, 0.25) is 0 Å². The smallest absolute Gasteiger partial charge is 0.290 e. The number of hydrogen-bond acceptors (Lipinski definition) is 4. The molecule has 9 heteroatoms. The molecule has 0 aliphatic rings. The summed E-state index contributed by atoms with van der Waals surface area (Å²) in [6, 6.07) is 13.9. The van der Waals surface area contributed by atoms with Crippen LogP contribution in [-0.4, -0.2) is 17.5 Å². The fourth-order valence-electron chi connectivity index (χ4n) is 2.87. The third kappa shape index (κ3) is 6.72. The molecule has 0 spiro atoms. The molecule has 3 rings (SSSR count). The zero-order valence-electron chi connectivity index (χ0n) is 16.1. The Morgan fingerprint density at radius 2 is 1.81 bits per heavy atom. The molecular weight excluding hydrogens is 521 g/mol. The zero-order valence-corrected chi connectivity index (χ0v) is 18.3. The number of nitrogens with two attached hydrogens (primary N) is 2. The Morgan fingerprint density at radius 1 is 1.10 bits per heavy atom. The van der Waals surface area contributed by atoms with Crippen molar-refractivity contribution in [2.45, 2.75) is 13.0 Å². The lowest BCUT2D eigenvalue weighted by Crippen LogP contribution is -2.16. The standard InChI is InChI=1S/C21H17F2IN2O2.CH2O2/c22-15-8-14(7-13-4-5-16(24)10-18(13)23)20(21(26)27)19(9-15)28-17-3-1-2-12(6-17)11-25;2-1-3/h1-6,8-10H,7,11,25H2,(H2,26,27);1H,(H,2,3). The van der Waals surface area contributed by atoms with Crippen LogP contribution in [0.4, 0.5) is 8.78 Å². The van der Waals surface area contributed by atoms with Crippen molar-refractivity contribution in [3.63, 3.8) is 0 Å². The van der Waals surface area contributed by atoms with Gasteiger partial charge in [-0.3, -0.25) is 9.59 Å². The van der Waals surface area contributed by atoms with Crippen LogP contribution in [-0.2, 0) is 17.8 Å². The van der Waals surface area contributed by atoms with Crippen molar-refractivity contribution in [1.82, 2.24) is 0 Å². The van der Waals surface area contributed by atoms with Crippen LogP contribution in [0, 0.1) is 15.2 Å². The Kier molecular flexibility index (Phi) is 8.88. The molecule has 3 aromatic carbocycles. The second-order valence-corrected chi connectivity index (χ2v) is 7.52. The summed E-state index contributed by atoms with van der Waals surface area (Å²) in [4.78, 5) is 20.5. The molecule has 0 heterocycles. The van der Waals surface area contributed by atoms with Crippen LogP contribution in [0.15, 0.2) is 54.6 Å². The molecule has 0 bridgehead atoms. The van der Waals surface area contributed by atoms with Gasteiger partial charge in [0.2, 0.25) is 0 Å². The molecule has 5 N–H and O–H groups in total. The minimum absolute atomic E-state index is 0.00200. The number of hydrogen-bond donors (Lipinski definition) is 3. The fourth-order valence-corrected chi connectivity index (χ4v) is 3.32. The van der Waals surface area contributed by atoms with E-state index < -0.39 is 17.5 Å². The predicted octanol–water partition coefficient (Wildman–Crippen LogP) is 4.21. The van der Waals surface area contributed by atoms with Gasteiger partial charge in [0.15, 0.2) is 0 Å². The maximum atomic E-state index is 14.2. The van der Waals surface area contributed by atoms with Crippen LogP contribution in [0.3, 0.4) is 0 Å². The number of amides is 1. The van der Waals surface area contributed by atoms with Gasteiger partial charge in [0.25, 0.3) is 12.4 Å². The predicted molar refractivity (Wildman–Crippen MR) is 120 cm³/mol. The van der Waals surface area contributed by atoms with E-state index in [0.717, 1.165) is 15.2 Å². The van der Waals surface area contributed by atoms with Crippen LogP contribution >= 0.6 is 22.6 Å². The first-order valence-electron chi connectivity index (χ1n) is 8.89. The molecule has 3 aromatic rings. The van der Waals surface area contributed by atoms with Crippen LogP contribution < -0.4 is 16.2 Å². The molecule has 31 heavy (non-hydrogen) atoms. The molecular formula is C22H19F2IN2O4. The molecule has 0 aliphatic carbocycles. The van der Waals surface area contributed by atoms with Gasteiger partial charge in [0, 0.05) is 22.6 Å². The summed E-state index contributed by atoms with van der Waals surface area (Å²) in [7, 11) is 0. The molecule has 162 valence electrons. The first kappa shape index (κ1) is 24.2. The quantitative estimate of drug-likeness (QED) is 0.320. The van der Waals surface area contributed by atoms with Gasteiger partial charge in [-0.1, -0.05) is 18.2 Å². The topological polar surface area (TPSA) is 116 Å². The van der Waals surface area contributed by atoms with E-state index >= 15 is 0 Å². The molecule has 0 saturated heterocycles. The molecule has 6 nitrogen and oxygen atoms in total. The van der Waals surface area contributed by atoms with E-state index in [1.54, 1.807) is 30.3 Å². The third-order valence-corrected chi connectivity index (χ3v) is 4.82. The zero-order chi connectivity index (χ0) is 23.0. The molecule has 0 unspecified atom stereocenters. The van der Waals surface area contributed by atoms with Gasteiger partial charge in [0.05, 0.1) is 5.56 Å². The number of carboxylic acid groups (broad SMARTS) is 1. The minimum atomic E-state index is -0.786. The first-order chi connectivity index (χ1) is 14.8. The number of carbonyl (C=O) groups is 2. The summed E-state index contributed by atoms with van der Waals surface area (Å²) in [6.45, 7) is 0.0559. The lowest BCUT2D eigenvalue weighted by atomic mass is 9.98. The van der Waals surface area contributed by atoms with E-state index in [2.05, 4.69) is 0 Å². The summed E-state index contributed by atoms with van der Waals surface area (Å²) < 4.78 is 34.9. The van der Waals surface area contributed by atoms with E-state index in [9.17, 15) is 13.6 Å². The van der Waals surface area contributed by atoms with Crippen LogP contribution in [0.5, 0.6) is 11.5 Å². The van der Waals surface area contributed by atoms with Crippen molar-refractivity contribution in [1.29, 1.82) is 0 Å². The monoisotopic (exact) mass is 540 g/mol. The van der Waals surface area contributed by atoms with E-state index in [-0.39, 0.29) is 29.8 Å². The number of benzene rings is 3.